The van der Waals surface area contributed by atoms with Crippen LogP contribution in [0.3, 0.4) is 0 Å². The molecule has 0 aliphatic rings. The summed E-state index contributed by atoms with van der Waals surface area (Å²) in [5, 5.41) is 0. The Labute approximate surface area is 183 Å². The minimum atomic E-state index is -4.69. The number of benzene rings is 1. The predicted octanol–water partition coefficient (Wildman–Crippen LogP) is 4.52. The van der Waals surface area contributed by atoms with Gasteiger partial charge in [-0.05, 0) is 52.3 Å². The molecule has 0 fully saturated rings. The van der Waals surface area contributed by atoms with E-state index in [9.17, 15) is 27.6 Å². The van der Waals surface area contributed by atoms with Gasteiger partial charge >= 0.3 is 29.8 Å². The molecule has 0 radical (unpaired) electrons. The van der Waals surface area contributed by atoms with Crippen molar-refractivity contribution in [2.75, 3.05) is 13.2 Å². The predicted molar refractivity (Wildman–Crippen MR) is 106 cm³/mol. The summed E-state index contributed by atoms with van der Waals surface area (Å²) >= 11 is 0. The van der Waals surface area contributed by atoms with Crippen LogP contribution >= 0.6 is 0 Å². The van der Waals surface area contributed by atoms with Crippen molar-refractivity contribution in [2.24, 2.45) is 0 Å². The molecule has 6 nitrogen and oxygen atoms in total. The average molecular weight is 462 g/mol. The monoisotopic (exact) mass is 462 g/mol. The van der Waals surface area contributed by atoms with Crippen LogP contribution in [0.2, 0.25) is 0 Å². The number of hydrogen-bond donors (Lipinski definition) is 0. The van der Waals surface area contributed by atoms with E-state index in [0.29, 0.717) is 12.1 Å². The lowest BCUT2D eigenvalue weighted by atomic mass is 9.78. The number of carbonyl (C=O) groups excluding carboxylic acids is 3. The normalized spacial score (nSPS) is 13.2. The maximum absolute atomic E-state index is 16.2. The SMILES string of the molecule is C=C(C(=O)OC(C)(C)C)[C@H](c1ccc(C(F)(F)F)cc1)C(F)(C(=O)OCC)C(=O)OCC. The Balaban J connectivity index is 3.71. The molecule has 0 aromatic heterocycles. The Morgan fingerprint density at radius 3 is 1.69 bits per heavy atom. The second kappa shape index (κ2) is 10.1. The van der Waals surface area contributed by atoms with Gasteiger partial charge in [0.25, 0.3) is 0 Å². The molecular formula is C22H26F4O6. The molecule has 0 heterocycles. The molecular weight excluding hydrogens is 436 g/mol. The van der Waals surface area contributed by atoms with Crippen molar-refractivity contribution in [3.8, 4) is 0 Å². The van der Waals surface area contributed by atoms with Gasteiger partial charge in [-0.3, -0.25) is 0 Å². The molecule has 0 unspecified atom stereocenters. The second-order valence-corrected chi connectivity index (χ2v) is 7.73. The summed E-state index contributed by atoms with van der Waals surface area (Å²) in [6.45, 7) is 10.1. The van der Waals surface area contributed by atoms with E-state index in [1.54, 1.807) is 0 Å². The molecule has 0 aliphatic heterocycles. The maximum atomic E-state index is 16.2. The van der Waals surface area contributed by atoms with Crippen LogP contribution < -0.4 is 0 Å². The molecule has 0 aliphatic carbocycles. The molecule has 0 amide bonds. The summed E-state index contributed by atoms with van der Waals surface area (Å²) in [7, 11) is 0. The molecule has 0 bridgehead atoms. The van der Waals surface area contributed by atoms with E-state index in [4.69, 9.17) is 14.2 Å². The molecule has 1 aromatic carbocycles. The fourth-order valence-electron chi connectivity index (χ4n) is 2.79. The Morgan fingerprint density at radius 2 is 1.34 bits per heavy atom. The fraction of sp³-hybridized carbons (Fsp3) is 0.500. The van der Waals surface area contributed by atoms with Crippen molar-refractivity contribution in [1.82, 2.24) is 0 Å². The smallest absolute Gasteiger partial charge is 0.416 e. The zero-order chi connectivity index (χ0) is 24.9. The van der Waals surface area contributed by atoms with Gasteiger partial charge in [0.1, 0.15) is 5.60 Å². The Kier molecular flexibility index (Phi) is 8.59. The van der Waals surface area contributed by atoms with E-state index in [-0.39, 0.29) is 18.8 Å². The minimum Gasteiger partial charge on any atom is -0.463 e. The van der Waals surface area contributed by atoms with Gasteiger partial charge in [0.05, 0.1) is 24.7 Å². The Bertz CT molecular complexity index is 835. The standard InChI is InChI=1S/C22H26F4O6/c1-7-30-18(28)21(23,19(29)31-8-2)16(13(3)17(27)32-20(4,5)6)14-9-11-15(12-10-14)22(24,25)26/h9-12,16H,3,7-8H2,1-2,4-6H3/t16-/m1/s1. The largest absolute Gasteiger partial charge is 0.463 e. The quantitative estimate of drug-likeness (QED) is 0.186. The van der Waals surface area contributed by atoms with Crippen molar-refractivity contribution in [3.05, 3.63) is 47.5 Å². The third kappa shape index (κ3) is 6.30. The van der Waals surface area contributed by atoms with E-state index in [2.05, 4.69) is 6.58 Å². The van der Waals surface area contributed by atoms with Crippen molar-refractivity contribution in [2.45, 2.75) is 58.0 Å². The van der Waals surface area contributed by atoms with E-state index in [1.165, 1.54) is 34.6 Å². The number of hydrogen-bond acceptors (Lipinski definition) is 6. The number of esters is 3. The molecule has 32 heavy (non-hydrogen) atoms. The van der Waals surface area contributed by atoms with Gasteiger partial charge in [-0.15, -0.1) is 0 Å². The first-order valence-electron chi connectivity index (χ1n) is 9.72. The van der Waals surface area contributed by atoms with E-state index < -0.39 is 52.4 Å². The summed E-state index contributed by atoms with van der Waals surface area (Å²) in [5.41, 5.74) is -6.70. The molecule has 10 heteroatoms. The number of ether oxygens (including phenoxy) is 3. The molecule has 0 saturated heterocycles. The average Bonchev–Trinajstić information content (AvgIpc) is 2.66. The van der Waals surface area contributed by atoms with Crippen molar-refractivity contribution in [3.63, 3.8) is 0 Å². The number of alkyl halides is 4. The number of carbonyl (C=O) groups is 3. The molecule has 0 spiro atoms. The van der Waals surface area contributed by atoms with Crippen LogP contribution in [-0.2, 0) is 34.8 Å². The summed E-state index contributed by atoms with van der Waals surface area (Å²) in [4.78, 5) is 37.8. The minimum absolute atomic E-state index is 0.308. The van der Waals surface area contributed by atoms with Gasteiger partial charge in [-0.1, -0.05) is 18.7 Å². The Morgan fingerprint density at radius 1 is 0.906 bits per heavy atom. The van der Waals surface area contributed by atoms with Gasteiger partial charge in [0.15, 0.2) is 0 Å². The lowest BCUT2D eigenvalue weighted by Crippen LogP contribution is -2.51. The summed E-state index contributed by atoms with van der Waals surface area (Å²) < 4.78 is 69.7. The van der Waals surface area contributed by atoms with Crippen molar-refractivity contribution in [1.29, 1.82) is 0 Å². The maximum Gasteiger partial charge on any atom is 0.416 e. The van der Waals surface area contributed by atoms with Crippen LogP contribution in [0, 0.1) is 0 Å². The zero-order valence-corrected chi connectivity index (χ0v) is 18.5. The first-order chi connectivity index (χ1) is 14.6. The number of rotatable bonds is 8. The van der Waals surface area contributed by atoms with Crippen LogP contribution in [0.15, 0.2) is 36.4 Å². The summed E-state index contributed by atoms with van der Waals surface area (Å²) in [6.07, 6.45) is -4.69. The third-order valence-electron chi connectivity index (χ3n) is 4.12. The van der Waals surface area contributed by atoms with E-state index >= 15 is 4.39 Å². The van der Waals surface area contributed by atoms with Crippen LogP contribution in [-0.4, -0.2) is 42.4 Å². The van der Waals surface area contributed by atoms with Crippen LogP contribution in [0.4, 0.5) is 17.6 Å². The molecule has 0 N–H and O–H groups in total. The van der Waals surface area contributed by atoms with Gasteiger partial charge in [-0.25, -0.2) is 18.8 Å². The highest BCUT2D eigenvalue weighted by Crippen LogP contribution is 2.41. The summed E-state index contributed by atoms with van der Waals surface area (Å²) in [5.74, 6) is -6.57. The van der Waals surface area contributed by atoms with Crippen LogP contribution in [0.25, 0.3) is 0 Å². The Hall–Kier alpha value is -2.91. The van der Waals surface area contributed by atoms with Crippen LogP contribution in [0.5, 0.6) is 0 Å². The zero-order valence-electron chi connectivity index (χ0n) is 18.5. The molecule has 1 rings (SSSR count). The lowest BCUT2D eigenvalue weighted by Gasteiger charge is -2.32. The van der Waals surface area contributed by atoms with Gasteiger partial charge in [0, 0.05) is 5.57 Å². The van der Waals surface area contributed by atoms with E-state index in [0.717, 1.165) is 12.1 Å². The first kappa shape index (κ1) is 27.1. The highest BCUT2D eigenvalue weighted by Gasteiger charge is 2.59. The second-order valence-electron chi connectivity index (χ2n) is 7.73. The first-order valence-corrected chi connectivity index (χ1v) is 9.72. The van der Waals surface area contributed by atoms with Crippen molar-refractivity contribution < 1.29 is 46.2 Å². The molecule has 1 aromatic rings. The molecule has 178 valence electrons. The van der Waals surface area contributed by atoms with Crippen molar-refractivity contribution >= 4 is 17.9 Å². The van der Waals surface area contributed by atoms with Gasteiger partial charge in [-0.2, -0.15) is 13.2 Å². The molecule has 1 atom stereocenters. The number of halogens is 4. The van der Waals surface area contributed by atoms with Crippen LogP contribution in [0.1, 0.15) is 51.7 Å². The highest BCUT2D eigenvalue weighted by molar-refractivity contribution is 6.07. The highest BCUT2D eigenvalue weighted by atomic mass is 19.4. The lowest BCUT2D eigenvalue weighted by molar-refractivity contribution is -0.176. The topological polar surface area (TPSA) is 78.9 Å². The van der Waals surface area contributed by atoms with E-state index in [1.807, 2.05) is 0 Å². The third-order valence-corrected chi connectivity index (χ3v) is 4.12. The van der Waals surface area contributed by atoms with Gasteiger partial charge < -0.3 is 14.2 Å². The fourth-order valence-corrected chi connectivity index (χ4v) is 2.79. The molecule has 0 saturated carbocycles. The summed E-state index contributed by atoms with van der Waals surface area (Å²) in [6, 6.07) is 2.94. The van der Waals surface area contributed by atoms with Gasteiger partial charge in [0.2, 0.25) is 0 Å².